The molecular weight excluding hydrogens is 160 g/mol. The first kappa shape index (κ1) is 6.95. The van der Waals surface area contributed by atoms with Crippen molar-refractivity contribution >= 4 is 21.9 Å². The predicted octanol–water partition coefficient (Wildman–Crippen LogP) is 1.41. The molecule has 0 aromatic carbocycles. The summed E-state index contributed by atoms with van der Waals surface area (Å²) in [7, 11) is 0. The third-order valence-corrected chi connectivity index (χ3v) is 0.925. The minimum atomic E-state index is -0.754. The van der Waals surface area contributed by atoms with E-state index >= 15 is 0 Å². The van der Waals surface area contributed by atoms with Gasteiger partial charge in [-0.2, -0.15) is 0 Å². The molecule has 1 radical (unpaired) electrons. The van der Waals surface area contributed by atoms with Crippen LogP contribution in [0.25, 0.3) is 0 Å². The van der Waals surface area contributed by atoms with Crippen molar-refractivity contribution in [3.63, 3.8) is 0 Å². The second-order valence-electron chi connectivity index (χ2n) is 1.09. The highest BCUT2D eigenvalue weighted by atomic mass is 79.9. The molecule has 0 aromatic rings. The lowest BCUT2D eigenvalue weighted by molar-refractivity contribution is -0.136. The molecule has 0 fully saturated rings. The molecule has 0 aliphatic rings. The fourth-order valence-electron chi connectivity index (χ4n) is 0.178. The third kappa shape index (κ3) is 5.95. The van der Waals surface area contributed by atoms with E-state index in [-0.39, 0.29) is 6.42 Å². The molecule has 3 heteroatoms. The van der Waals surface area contributed by atoms with Crippen molar-refractivity contribution in [2.75, 3.05) is 0 Å². The smallest absolute Gasteiger partial charge is 0.303 e. The summed E-state index contributed by atoms with van der Waals surface area (Å²) in [5, 5.41) is 9.66. The summed E-state index contributed by atoms with van der Waals surface area (Å²) in [5.41, 5.74) is 0. The maximum absolute atomic E-state index is 9.72. The van der Waals surface area contributed by atoms with E-state index in [1.54, 1.807) is 5.33 Å². The Balaban J connectivity index is 2.82. The van der Waals surface area contributed by atoms with Crippen molar-refractivity contribution in [1.29, 1.82) is 0 Å². The summed E-state index contributed by atoms with van der Waals surface area (Å²) in [6.45, 7) is 0. The Bertz CT molecular complexity index is 62.7. The number of carboxylic acids is 1. The van der Waals surface area contributed by atoms with Gasteiger partial charge in [0, 0.05) is 11.8 Å². The van der Waals surface area contributed by atoms with Crippen molar-refractivity contribution in [1.82, 2.24) is 0 Å². The standard InChI is InChI=1S/C4H6BrO2/c5-3-1-2-4(6)7/h3H,1-2H2,(H,6,7). The highest BCUT2D eigenvalue weighted by Gasteiger charge is 1.91. The van der Waals surface area contributed by atoms with Crippen LogP contribution in [-0.2, 0) is 4.79 Å². The average Bonchev–Trinajstić information content (AvgIpc) is 1.61. The molecule has 0 saturated heterocycles. The van der Waals surface area contributed by atoms with Gasteiger partial charge in [0.15, 0.2) is 0 Å². The Morgan fingerprint density at radius 2 is 2.43 bits per heavy atom. The molecule has 1 N–H and O–H groups in total. The lowest BCUT2D eigenvalue weighted by Crippen LogP contribution is -1.91. The molecule has 0 atom stereocenters. The Labute approximate surface area is 50.7 Å². The summed E-state index contributed by atoms with van der Waals surface area (Å²) in [6, 6.07) is 0. The number of carboxylic acid groups (broad SMARTS) is 1. The first-order valence-electron chi connectivity index (χ1n) is 1.91. The molecule has 0 heterocycles. The monoisotopic (exact) mass is 165 g/mol. The zero-order valence-corrected chi connectivity index (χ0v) is 5.31. The Morgan fingerprint density at radius 1 is 1.86 bits per heavy atom. The van der Waals surface area contributed by atoms with Crippen LogP contribution < -0.4 is 0 Å². The van der Waals surface area contributed by atoms with Gasteiger partial charge < -0.3 is 5.11 Å². The number of rotatable bonds is 3. The second-order valence-corrected chi connectivity index (χ2v) is 1.73. The molecule has 0 bridgehead atoms. The molecule has 0 aromatic heterocycles. The highest BCUT2D eigenvalue weighted by Crippen LogP contribution is 1.98. The van der Waals surface area contributed by atoms with E-state index in [1.165, 1.54) is 0 Å². The number of hydrogen-bond donors (Lipinski definition) is 1. The van der Waals surface area contributed by atoms with Crippen LogP contribution in [0.15, 0.2) is 0 Å². The van der Waals surface area contributed by atoms with Crippen molar-refractivity contribution in [2.24, 2.45) is 0 Å². The second kappa shape index (κ2) is 4.12. The van der Waals surface area contributed by atoms with Gasteiger partial charge in [-0.25, -0.2) is 0 Å². The van der Waals surface area contributed by atoms with Gasteiger partial charge in [-0.3, -0.25) is 4.79 Å². The molecule has 0 amide bonds. The van der Waals surface area contributed by atoms with Gasteiger partial charge in [-0.15, -0.1) is 0 Å². The van der Waals surface area contributed by atoms with Gasteiger partial charge >= 0.3 is 5.97 Å². The molecular formula is C4H6BrO2. The minimum absolute atomic E-state index is 0.214. The molecule has 0 unspecified atom stereocenters. The first-order chi connectivity index (χ1) is 3.27. The summed E-state index contributed by atoms with van der Waals surface area (Å²) in [4.78, 5) is 9.72. The van der Waals surface area contributed by atoms with Crippen LogP contribution in [0, 0.1) is 5.33 Å². The molecule has 0 aliphatic carbocycles. The van der Waals surface area contributed by atoms with Gasteiger partial charge in [0.2, 0.25) is 0 Å². The SMILES string of the molecule is O=C(O)CC[CH]Br. The quantitative estimate of drug-likeness (QED) is 0.687. The highest BCUT2D eigenvalue weighted by molar-refractivity contribution is 9.10. The van der Waals surface area contributed by atoms with Crippen LogP contribution in [0.5, 0.6) is 0 Å². The van der Waals surface area contributed by atoms with Crippen LogP contribution in [0.4, 0.5) is 0 Å². The lowest BCUT2D eigenvalue weighted by atomic mass is 10.3. The van der Waals surface area contributed by atoms with E-state index in [0.717, 1.165) is 0 Å². The van der Waals surface area contributed by atoms with E-state index in [1.807, 2.05) is 0 Å². The number of halogens is 1. The molecule has 0 aliphatic heterocycles. The topological polar surface area (TPSA) is 37.3 Å². The van der Waals surface area contributed by atoms with Gasteiger partial charge in [0.1, 0.15) is 0 Å². The van der Waals surface area contributed by atoms with Crippen LogP contribution in [-0.4, -0.2) is 11.1 Å². The number of aliphatic carboxylic acids is 1. The Kier molecular flexibility index (Phi) is 4.09. The van der Waals surface area contributed by atoms with Crippen molar-refractivity contribution in [3.05, 3.63) is 5.33 Å². The summed E-state index contributed by atoms with van der Waals surface area (Å²) in [5.74, 6) is -0.754. The minimum Gasteiger partial charge on any atom is -0.481 e. The van der Waals surface area contributed by atoms with Crippen LogP contribution in [0.1, 0.15) is 12.8 Å². The first-order valence-corrected chi connectivity index (χ1v) is 2.82. The van der Waals surface area contributed by atoms with E-state index in [4.69, 9.17) is 5.11 Å². The largest absolute Gasteiger partial charge is 0.481 e. The maximum atomic E-state index is 9.72. The summed E-state index contributed by atoms with van der Waals surface area (Å²) in [6.07, 6.45) is 0.806. The third-order valence-electron chi connectivity index (χ3n) is 0.467. The molecule has 2 nitrogen and oxygen atoms in total. The van der Waals surface area contributed by atoms with E-state index in [0.29, 0.717) is 6.42 Å². The van der Waals surface area contributed by atoms with Gasteiger partial charge in [-0.05, 0) is 6.42 Å². The molecule has 0 saturated carbocycles. The van der Waals surface area contributed by atoms with Crippen molar-refractivity contribution in [3.8, 4) is 0 Å². The summed E-state index contributed by atoms with van der Waals surface area (Å²) >= 11 is 2.99. The predicted molar refractivity (Wildman–Crippen MR) is 30.1 cm³/mol. The van der Waals surface area contributed by atoms with Gasteiger partial charge in [0.25, 0.3) is 0 Å². The zero-order valence-electron chi connectivity index (χ0n) is 3.72. The van der Waals surface area contributed by atoms with Gasteiger partial charge in [0.05, 0.1) is 0 Å². The van der Waals surface area contributed by atoms with Crippen LogP contribution in [0.3, 0.4) is 0 Å². The number of carbonyl (C=O) groups is 1. The summed E-state index contributed by atoms with van der Waals surface area (Å²) < 4.78 is 0. The zero-order chi connectivity index (χ0) is 5.70. The Hall–Kier alpha value is -0.0500. The van der Waals surface area contributed by atoms with Crippen LogP contribution >= 0.6 is 15.9 Å². The normalized spacial score (nSPS) is 8.71. The van der Waals surface area contributed by atoms with E-state index in [9.17, 15) is 4.79 Å². The van der Waals surface area contributed by atoms with E-state index in [2.05, 4.69) is 15.9 Å². The van der Waals surface area contributed by atoms with E-state index < -0.39 is 5.97 Å². The van der Waals surface area contributed by atoms with Crippen molar-refractivity contribution < 1.29 is 9.90 Å². The molecule has 0 rings (SSSR count). The fraction of sp³-hybridized carbons (Fsp3) is 0.500. The molecule has 7 heavy (non-hydrogen) atoms. The maximum Gasteiger partial charge on any atom is 0.303 e. The lowest BCUT2D eigenvalue weighted by Gasteiger charge is -1.84. The number of hydrogen-bond acceptors (Lipinski definition) is 1. The van der Waals surface area contributed by atoms with Crippen molar-refractivity contribution in [2.45, 2.75) is 12.8 Å². The average molecular weight is 166 g/mol. The fourth-order valence-corrected chi connectivity index (χ4v) is 0.407. The Morgan fingerprint density at radius 3 is 2.57 bits per heavy atom. The van der Waals surface area contributed by atoms with Gasteiger partial charge in [-0.1, -0.05) is 15.9 Å². The molecule has 0 spiro atoms. The molecule has 41 valence electrons. The van der Waals surface area contributed by atoms with Crippen LogP contribution in [0.2, 0.25) is 0 Å².